The Balaban J connectivity index is 1.16. The zero-order valence-corrected chi connectivity index (χ0v) is 22.1. The van der Waals surface area contributed by atoms with E-state index in [-0.39, 0.29) is 11.9 Å². The van der Waals surface area contributed by atoms with Crippen LogP contribution < -0.4 is 10.1 Å². The summed E-state index contributed by atoms with van der Waals surface area (Å²) in [5.74, 6) is 1.08. The number of likely N-dealkylation sites (tertiary alicyclic amines) is 1. The monoisotopic (exact) mass is 524 g/mol. The van der Waals surface area contributed by atoms with Gasteiger partial charge in [0.05, 0.1) is 11.6 Å². The summed E-state index contributed by atoms with van der Waals surface area (Å²) < 4.78 is 5.68. The first-order valence-corrected chi connectivity index (χ1v) is 13.5. The van der Waals surface area contributed by atoms with E-state index in [1.54, 1.807) is 18.2 Å². The smallest absolute Gasteiger partial charge is 0.220 e. The van der Waals surface area contributed by atoms with Gasteiger partial charge in [-0.2, -0.15) is 0 Å². The normalized spacial score (nSPS) is 14.6. The van der Waals surface area contributed by atoms with Crippen LogP contribution >= 0.6 is 23.2 Å². The summed E-state index contributed by atoms with van der Waals surface area (Å²) in [7, 11) is 0. The highest BCUT2D eigenvalue weighted by Crippen LogP contribution is 2.29. The molecule has 190 valence electrons. The quantitative estimate of drug-likeness (QED) is 0.275. The van der Waals surface area contributed by atoms with Gasteiger partial charge in [0.1, 0.15) is 5.75 Å². The number of rotatable bonds is 11. The average Bonchev–Trinajstić information content (AvgIpc) is 2.90. The zero-order chi connectivity index (χ0) is 25.2. The topological polar surface area (TPSA) is 41.6 Å². The van der Waals surface area contributed by atoms with Gasteiger partial charge < -0.3 is 15.0 Å². The Kier molecular flexibility index (Phi) is 10.1. The minimum absolute atomic E-state index is 0.0903. The highest BCUT2D eigenvalue weighted by Gasteiger charge is 2.22. The van der Waals surface area contributed by atoms with E-state index in [2.05, 4.69) is 70.9 Å². The fourth-order valence-corrected chi connectivity index (χ4v) is 5.28. The van der Waals surface area contributed by atoms with Gasteiger partial charge in [-0.1, -0.05) is 83.9 Å². The van der Waals surface area contributed by atoms with Crippen LogP contribution in [0.3, 0.4) is 0 Å². The summed E-state index contributed by atoms with van der Waals surface area (Å²) >= 11 is 12.0. The van der Waals surface area contributed by atoms with Crippen LogP contribution in [0.2, 0.25) is 10.0 Å². The molecule has 0 spiro atoms. The van der Waals surface area contributed by atoms with Crippen molar-refractivity contribution in [1.29, 1.82) is 0 Å². The number of nitrogens with one attached hydrogen (secondary N) is 1. The Morgan fingerprint density at radius 1 is 0.944 bits per heavy atom. The molecule has 4 nitrogen and oxygen atoms in total. The molecule has 1 amide bonds. The number of amides is 1. The molecule has 1 aliphatic rings. The predicted molar refractivity (Wildman–Crippen MR) is 148 cm³/mol. The van der Waals surface area contributed by atoms with Gasteiger partial charge in [0.15, 0.2) is 0 Å². The maximum absolute atomic E-state index is 12.4. The molecule has 0 radical (unpaired) electrons. The second-order valence-electron chi connectivity index (χ2n) is 9.37. The number of ether oxygens (including phenoxy) is 1. The molecule has 1 N–H and O–H groups in total. The van der Waals surface area contributed by atoms with Gasteiger partial charge >= 0.3 is 0 Å². The molecule has 0 unspecified atom stereocenters. The second kappa shape index (κ2) is 13.7. The molecule has 4 rings (SSSR count). The average molecular weight is 526 g/mol. The van der Waals surface area contributed by atoms with Crippen molar-refractivity contribution in [2.75, 3.05) is 26.2 Å². The van der Waals surface area contributed by atoms with Crippen molar-refractivity contribution < 1.29 is 9.53 Å². The van der Waals surface area contributed by atoms with E-state index in [4.69, 9.17) is 27.9 Å². The SMILES string of the molecule is O=C(CCCOc1ccc(Cl)cc1Cl)NC1CCN(CCC(c2ccccc2)c2ccccc2)CC1. The van der Waals surface area contributed by atoms with Crippen molar-refractivity contribution in [3.63, 3.8) is 0 Å². The molecule has 0 saturated carbocycles. The molecule has 1 aliphatic heterocycles. The number of piperidine rings is 1. The number of hydrogen-bond acceptors (Lipinski definition) is 3. The van der Waals surface area contributed by atoms with Crippen molar-refractivity contribution in [3.8, 4) is 5.75 Å². The van der Waals surface area contributed by atoms with E-state index in [1.165, 1.54) is 11.1 Å². The largest absolute Gasteiger partial charge is 0.492 e. The van der Waals surface area contributed by atoms with Crippen molar-refractivity contribution in [2.45, 2.75) is 44.1 Å². The van der Waals surface area contributed by atoms with Gasteiger partial charge in [0.2, 0.25) is 5.91 Å². The second-order valence-corrected chi connectivity index (χ2v) is 10.2. The van der Waals surface area contributed by atoms with E-state index < -0.39 is 0 Å². The molecule has 3 aromatic carbocycles. The lowest BCUT2D eigenvalue weighted by molar-refractivity contribution is -0.122. The molecule has 0 atom stereocenters. The van der Waals surface area contributed by atoms with Gasteiger partial charge in [-0.05, 0) is 61.6 Å². The molecule has 1 fully saturated rings. The number of hydrogen-bond donors (Lipinski definition) is 1. The van der Waals surface area contributed by atoms with Crippen LogP contribution in [0.1, 0.15) is 49.1 Å². The first-order chi connectivity index (χ1) is 17.6. The number of benzene rings is 3. The van der Waals surface area contributed by atoms with E-state index in [0.29, 0.717) is 41.2 Å². The lowest BCUT2D eigenvalue weighted by Gasteiger charge is -2.33. The van der Waals surface area contributed by atoms with E-state index in [0.717, 1.165) is 38.9 Å². The molecule has 0 aliphatic carbocycles. The Labute approximate surface area is 224 Å². The molecular weight excluding hydrogens is 491 g/mol. The van der Waals surface area contributed by atoms with Crippen LogP contribution in [0.15, 0.2) is 78.9 Å². The van der Waals surface area contributed by atoms with Crippen LogP contribution in [-0.2, 0) is 4.79 Å². The summed E-state index contributed by atoms with van der Waals surface area (Å²) in [5, 5.41) is 4.27. The van der Waals surface area contributed by atoms with Crippen molar-refractivity contribution in [3.05, 3.63) is 100 Å². The summed E-state index contributed by atoms with van der Waals surface area (Å²) in [6, 6.07) is 27.0. The Hall–Kier alpha value is -2.53. The fraction of sp³-hybridized carbons (Fsp3) is 0.367. The van der Waals surface area contributed by atoms with E-state index >= 15 is 0 Å². The fourth-order valence-electron chi connectivity index (χ4n) is 4.82. The lowest BCUT2D eigenvalue weighted by Crippen LogP contribution is -2.45. The molecule has 3 aromatic rings. The Bertz CT molecular complexity index is 1050. The summed E-state index contributed by atoms with van der Waals surface area (Å²) in [4.78, 5) is 15.0. The van der Waals surface area contributed by atoms with Crippen molar-refractivity contribution in [2.24, 2.45) is 0 Å². The summed E-state index contributed by atoms with van der Waals surface area (Å²) in [6.45, 7) is 3.52. The van der Waals surface area contributed by atoms with Gasteiger partial charge in [0, 0.05) is 36.5 Å². The number of halogens is 2. The van der Waals surface area contributed by atoms with Crippen LogP contribution in [-0.4, -0.2) is 43.1 Å². The van der Waals surface area contributed by atoms with Crippen LogP contribution in [0.4, 0.5) is 0 Å². The maximum atomic E-state index is 12.4. The number of carbonyl (C=O) groups excluding carboxylic acids is 1. The van der Waals surface area contributed by atoms with E-state index in [9.17, 15) is 4.79 Å². The molecule has 36 heavy (non-hydrogen) atoms. The first-order valence-electron chi connectivity index (χ1n) is 12.8. The maximum Gasteiger partial charge on any atom is 0.220 e. The molecule has 1 saturated heterocycles. The first kappa shape index (κ1) is 26.5. The van der Waals surface area contributed by atoms with Gasteiger partial charge in [-0.3, -0.25) is 4.79 Å². The highest BCUT2D eigenvalue weighted by atomic mass is 35.5. The van der Waals surface area contributed by atoms with Crippen LogP contribution in [0.25, 0.3) is 0 Å². The highest BCUT2D eigenvalue weighted by molar-refractivity contribution is 6.35. The lowest BCUT2D eigenvalue weighted by atomic mass is 9.88. The summed E-state index contributed by atoms with van der Waals surface area (Å²) in [6.07, 6.45) is 4.15. The third-order valence-corrected chi connectivity index (χ3v) is 7.32. The third kappa shape index (κ3) is 7.99. The zero-order valence-electron chi connectivity index (χ0n) is 20.5. The van der Waals surface area contributed by atoms with Crippen molar-refractivity contribution >= 4 is 29.1 Å². The predicted octanol–water partition coefficient (Wildman–Crippen LogP) is 6.96. The number of carbonyl (C=O) groups is 1. The minimum Gasteiger partial charge on any atom is -0.492 e. The van der Waals surface area contributed by atoms with Gasteiger partial charge in [-0.25, -0.2) is 0 Å². The number of nitrogens with zero attached hydrogens (tertiary/aromatic N) is 1. The van der Waals surface area contributed by atoms with E-state index in [1.807, 2.05) is 0 Å². The van der Waals surface area contributed by atoms with Gasteiger partial charge in [0.25, 0.3) is 0 Å². The molecule has 0 bridgehead atoms. The van der Waals surface area contributed by atoms with Crippen LogP contribution in [0.5, 0.6) is 5.75 Å². The summed E-state index contributed by atoms with van der Waals surface area (Å²) in [5.41, 5.74) is 2.74. The molecule has 0 aromatic heterocycles. The molecule has 6 heteroatoms. The molecule has 1 heterocycles. The van der Waals surface area contributed by atoms with Crippen molar-refractivity contribution in [1.82, 2.24) is 10.2 Å². The van der Waals surface area contributed by atoms with Gasteiger partial charge in [-0.15, -0.1) is 0 Å². The van der Waals surface area contributed by atoms with Crippen LogP contribution in [0, 0.1) is 0 Å². The Morgan fingerprint density at radius 3 is 2.19 bits per heavy atom. The molecular formula is C30H34Cl2N2O2. The Morgan fingerprint density at radius 2 is 1.58 bits per heavy atom. The standard InChI is InChI=1S/C30H34Cl2N2O2/c31-25-13-14-29(28(32)22-25)36-21-7-12-30(35)33-26-15-18-34(19-16-26)20-17-27(23-8-3-1-4-9-23)24-10-5-2-6-11-24/h1-6,8-11,13-14,22,26-27H,7,12,15-21H2,(H,33,35). The third-order valence-electron chi connectivity index (χ3n) is 6.79. The minimum atomic E-state index is 0.0903.